The summed E-state index contributed by atoms with van der Waals surface area (Å²) in [5, 5.41) is 6.81. The Bertz CT molecular complexity index is 1290. The Kier molecular flexibility index (Phi) is 8.02. The zero-order valence-electron chi connectivity index (χ0n) is 21.2. The molecule has 0 amide bonds. The Hall–Kier alpha value is -3.01. The van der Waals surface area contributed by atoms with Crippen molar-refractivity contribution >= 4 is 16.8 Å². The first-order valence-corrected chi connectivity index (χ1v) is 14.5. The highest BCUT2D eigenvalue weighted by atomic mass is 32.2. The maximum atomic E-state index is 13.8. The molecule has 1 saturated heterocycles. The van der Waals surface area contributed by atoms with Crippen molar-refractivity contribution in [3.8, 4) is 11.4 Å². The number of ether oxygens (including phenoxy) is 1. The van der Waals surface area contributed by atoms with Crippen LogP contribution in [0.4, 0.5) is 5.69 Å². The summed E-state index contributed by atoms with van der Waals surface area (Å²) in [7, 11) is 0. The summed E-state index contributed by atoms with van der Waals surface area (Å²) < 4.78 is 29.1. The number of benzene rings is 2. The number of rotatable bonds is 8. The summed E-state index contributed by atoms with van der Waals surface area (Å²) >= 11 is -2.27. The summed E-state index contributed by atoms with van der Waals surface area (Å²) in [6.07, 6.45) is 6.35. The number of thiol groups is 1. The van der Waals surface area contributed by atoms with Crippen LogP contribution in [0.25, 0.3) is 5.69 Å². The molecule has 0 spiro atoms. The lowest BCUT2D eigenvalue weighted by atomic mass is 9.99. The van der Waals surface area contributed by atoms with E-state index in [-0.39, 0.29) is 23.5 Å². The number of para-hydroxylation sites is 1. The molecule has 196 valence electrons. The van der Waals surface area contributed by atoms with E-state index in [1.165, 1.54) is 17.5 Å². The quantitative estimate of drug-likeness (QED) is 0.347. The van der Waals surface area contributed by atoms with Gasteiger partial charge < -0.3 is 15.0 Å². The third kappa shape index (κ3) is 5.79. The molecule has 0 bridgehead atoms. The van der Waals surface area contributed by atoms with Crippen LogP contribution < -0.4 is 20.5 Å². The van der Waals surface area contributed by atoms with Crippen molar-refractivity contribution in [2.24, 2.45) is 5.92 Å². The average molecular weight is 525 g/mol. The molecule has 2 aliphatic rings. The predicted molar refractivity (Wildman–Crippen MR) is 146 cm³/mol. The predicted octanol–water partition coefficient (Wildman–Crippen LogP) is 2.98. The van der Waals surface area contributed by atoms with Gasteiger partial charge in [0.15, 0.2) is 5.75 Å². The molecular weight excluding hydrogens is 488 g/mol. The minimum atomic E-state index is -2.27. The van der Waals surface area contributed by atoms with Crippen LogP contribution in [-0.4, -0.2) is 40.1 Å². The molecule has 8 nitrogen and oxygen atoms in total. The monoisotopic (exact) mass is 524 g/mol. The van der Waals surface area contributed by atoms with Gasteiger partial charge in [0.1, 0.15) is 11.7 Å². The van der Waals surface area contributed by atoms with Gasteiger partial charge in [-0.25, -0.2) is 0 Å². The minimum Gasteiger partial charge on any atom is -0.483 e. The fourth-order valence-corrected chi connectivity index (χ4v) is 6.27. The molecule has 2 aromatic carbocycles. The molecule has 3 unspecified atom stereocenters. The van der Waals surface area contributed by atoms with Crippen LogP contribution in [0.3, 0.4) is 0 Å². The Morgan fingerprint density at radius 3 is 2.62 bits per heavy atom. The van der Waals surface area contributed by atoms with E-state index in [2.05, 4.69) is 22.2 Å². The summed E-state index contributed by atoms with van der Waals surface area (Å²) in [5.41, 5.74) is 3.10. The molecule has 1 saturated carbocycles. The van der Waals surface area contributed by atoms with Gasteiger partial charge in [-0.05, 0) is 37.8 Å². The SMILES string of the molecule is CC(Oc1c(N2CC[NH2+]C(c3ccccc3C[SH+](=O)O)C2)cnn(-c2ccccc2)c1=O)C1CCCC1. The van der Waals surface area contributed by atoms with E-state index in [0.29, 0.717) is 29.6 Å². The summed E-state index contributed by atoms with van der Waals surface area (Å²) in [6, 6.07) is 17.3. The fraction of sp³-hybridized carbons (Fsp3) is 0.429. The molecule has 37 heavy (non-hydrogen) atoms. The van der Waals surface area contributed by atoms with Gasteiger partial charge in [0.25, 0.3) is 0 Å². The third-order valence-corrected chi connectivity index (χ3v) is 8.26. The number of aromatic nitrogens is 2. The summed E-state index contributed by atoms with van der Waals surface area (Å²) in [4.78, 5) is 16.0. The number of piperazine rings is 1. The lowest BCUT2D eigenvalue weighted by Crippen LogP contribution is -2.90. The molecule has 3 N–H and O–H groups in total. The molecule has 3 aromatic rings. The molecule has 2 fully saturated rings. The Morgan fingerprint density at radius 2 is 1.86 bits per heavy atom. The van der Waals surface area contributed by atoms with Crippen LogP contribution in [0.15, 0.2) is 65.6 Å². The van der Waals surface area contributed by atoms with Gasteiger partial charge in [-0.2, -0.15) is 14.3 Å². The first-order valence-electron chi connectivity index (χ1n) is 13.2. The van der Waals surface area contributed by atoms with Gasteiger partial charge in [0, 0.05) is 11.1 Å². The van der Waals surface area contributed by atoms with Crippen molar-refractivity contribution in [1.82, 2.24) is 9.78 Å². The van der Waals surface area contributed by atoms with E-state index < -0.39 is 11.1 Å². The highest BCUT2D eigenvalue weighted by Gasteiger charge is 2.32. The normalized spacial score (nSPS) is 20.1. The topological polar surface area (TPSA) is 101 Å². The largest absolute Gasteiger partial charge is 0.483 e. The lowest BCUT2D eigenvalue weighted by Gasteiger charge is -2.34. The Balaban J connectivity index is 1.49. The van der Waals surface area contributed by atoms with Gasteiger partial charge in [0.2, 0.25) is 16.8 Å². The molecule has 5 rings (SSSR count). The van der Waals surface area contributed by atoms with Crippen molar-refractivity contribution in [2.45, 2.75) is 50.5 Å². The van der Waals surface area contributed by atoms with E-state index in [0.717, 1.165) is 37.1 Å². The molecule has 3 atom stereocenters. The zero-order valence-corrected chi connectivity index (χ0v) is 22.1. The molecule has 1 aliphatic heterocycles. The molecule has 1 aliphatic carbocycles. The lowest BCUT2D eigenvalue weighted by molar-refractivity contribution is -0.697. The van der Waals surface area contributed by atoms with Crippen LogP contribution in [0.2, 0.25) is 0 Å². The Labute approximate surface area is 219 Å². The second-order valence-corrected chi connectivity index (χ2v) is 11.1. The van der Waals surface area contributed by atoms with Gasteiger partial charge in [-0.15, -0.1) is 0 Å². The zero-order chi connectivity index (χ0) is 25.8. The maximum Gasteiger partial charge on any atom is 0.316 e. The van der Waals surface area contributed by atoms with Crippen molar-refractivity contribution in [2.75, 3.05) is 24.5 Å². The molecular formula is C28H36N4O4S+2. The number of hydrogen-bond acceptors (Lipinski definition) is 5. The second-order valence-electron chi connectivity index (χ2n) is 10.1. The third-order valence-electron chi connectivity index (χ3n) is 7.65. The smallest absolute Gasteiger partial charge is 0.316 e. The van der Waals surface area contributed by atoms with E-state index in [4.69, 9.17) is 4.74 Å². The molecule has 2 heterocycles. The van der Waals surface area contributed by atoms with Gasteiger partial charge >= 0.3 is 5.56 Å². The van der Waals surface area contributed by atoms with Crippen LogP contribution in [0.5, 0.6) is 5.75 Å². The molecule has 1 aromatic heterocycles. The first kappa shape index (κ1) is 25.6. The number of nitrogens with zero attached hydrogens (tertiary/aromatic N) is 3. The second kappa shape index (κ2) is 11.6. The number of quaternary nitrogens is 1. The van der Waals surface area contributed by atoms with Crippen molar-refractivity contribution in [3.63, 3.8) is 0 Å². The van der Waals surface area contributed by atoms with Gasteiger partial charge in [-0.1, -0.05) is 59.5 Å². The van der Waals surface area contributed by atoms with Gasteiger partial charge in [0.05, 0.1) is 37.6 Å². The van der Waals surface area contributed by atoms with Crippen LogP contribution in [-0.2, 0) is 21.0 Å². The molecule has 0 radical (unpaired) electrons. The number of nitrogens with two attached hydrogens (primary N) is 1. The highest BCUT2D eigenvalue weighted by Crippen LogP contribution is 2.33. The van der Waals surface area contributed by atoms with Crippen molar-refractivity contribution in [1.29, 1.82) is 0 Å². The minimum absolute atomic E-state index is 0.0608. The Morgan fingerprint density at radius 1 is 1.14 bits per heavy atom. The maximum absolute atomic E-state index is 13.8. The fourth-order valence-electron chi connectivity index (χ4n) is 5.69. The van der Waals surface area contributed by atoms with Crippen LogP contribution >= 0.6 is 0 Å². The first-order chi connectivity index (χ1) is 18.0. The van der Waals surface area contributed by atoms with Crippen LogP contribution in [0, 0.1) is 5.92 Å². The van der Waals surface area contributed by atoms with Crippen molar-refractivity contribution < 1.29 is 18.8 Å². The van der Waals surface area contributed by atoms with Crippen LogP contribution in [0.1, 0.15) is 49.8 Å². The standard InChI is InChI=1S/C28H34N4O4S/c1-20(21-9-5-6-10-21)36-27-26(17-30-32(28(27)33)23-12-3-2-4-13-23)31-16-15-29-25(18-31)24-14-8-7-11-22(24)19-37(34)35/h2-4,7-8,11-14,17,20-21,25,29H,5-6,9-10,15-16,18-19H2,1H3,(H,34,35)/p+2. The van der Waals surface area contributed by atoms with E-state index in [1.54, 1.807) is 6.20 Å². The number of anilines is 1. The van der Waals surface area contributed by atoms with E-state index >= 15 is 0 Å². The van der Waals surface area contributed by atoms with E-state index in [9.17, 15) is 13.6 Å². The van der Waals surface area contributed by atoms with Crippen molar-refractivity contribution in [3.05, 3.63) is 82.3 Å². The highest BCUT2D eigenvalue weighted by molar-refractivity contribution is 7.78. The average Bonchev–Trinajstić information content (AvgIpc) is 3.46. The number of hydrogen-bond donors (Lipinski definition) is 2. The summed E-state index contributed by atoms with van der Waals surface area (Å²) in [5.74, 6) is 0.934. The van der Waals surface area contributed by atoms with E-state index in [1.807, 2.05) is 54.6 Å². The summed E-state index contributed by atoms with van der Waals surface area (Å²) in [6.45, 7) is 4.29. The van der Waals surface area contributed by atoms with Gasteiger partial charge in [-0.3, -0.25) is 4.79 Å². The molecule has 9 heteroatoms.